The largest absolute Gasteiger partial charge is 0.351 e. The Labute approximate surface area is 144 Å². The molecule has 1 aliphatic rings. The molecule has 23 heavy (non-hydrogen) atoms. The minimum Gasteiger partial charge on any atom is -0.351 e. The van der Waals surface area contributed by atoms with E-state index < -0.39 is 0 Å². The summed E-state index contributed by atoms with van der Waals surface area (Å²) in [5.74, 6) is 0.484. The summed E-state index contributed by atoms with van der Waals surface area (Å²) in [6.45, 7) is 6.28. The van der Waals surface area contributed by atoms with Crippen molar-refractivity contribution in [1.82, 2.24) is 15.1 Å². The van der Waals surface area contributed by atoms with Crippen molar-refractivity contribution in [1.29, 1.82) is 0 Å². The molecule has 1 aliphatic heterocycles. The van der Waals surface area contributed by atoms with Crippen LogP contribution in [0.3, 0.4) is 0 Å². The first-order chi connectivity index (χ1) is 10.7. The Hall–Kier alpha value is -1.88. The normalized spacial score (nSPS) is 18.3. The van der Waals surface area contributed by atoms with Crippen LogP contribution in [0.4, 0.5) is 0 Å². The van der Waals surface area contributed by atoms with E-state index in [2.05, 4.69) is 43.4 Å². The van der Waals surface area contributed by atoms with E-state index in [0.717, 1.165) is 16.8 Å². The van der Waals surface area contributed by atoms with Gasteiger partial charge in [-0.2, -0.15) is 0 Å². The van der Waals surface area contributed by atoms with Crippen LogP contribution in [0.15, 0.2) is 35.5 Å². The number of amides is 1. The number of benzene rings is 1. The van der Waals surface area contributed by atoms with Gasteiger partial charge in [0.05, 0.1) is 11.6 Å². The third-order valence-corrected chi connectivity index (χ3v) is 4.72. The highest BCUT2D eigenvalue weighted by Crippen LogP contribution is 2.31. The zero-order valence-corrected chi connectivity index (χ0v) is 15.5. The maximum Gasteiger partial charge on any atom is 0.253 e. The molecule has 0 aliphatic carbocycles. The lowest BCUT2D eigenvalue weighted by Gasteiger charge is -2.36. The average Bonchev–Trinajstić information content (AvgIpc) is 2.51. The Bertz CT molecular complexity index is 647. The number of nitrogens with zero attached hydrogens (tertiary/aromatic N) is 2. The number of nitrogens with one attached hydrogen (secondary N) is 1. The van der Waals surface area contributed by atoms with Crippen LogP contribution in [0.5, 0.6) is 0 Å². The molecule has 1 N–H and O–H groups in total. The first-order valence-corrected chi connectivity index (χ1v) is 8.21. The molecule has 1 unspecified atom stereocenters. The van der Waals surface area contributed by atoms with Gasteiger partial charge in [-0.1, -0.05) is 38.1 Å². The van der Waals surface area contributed by atoms with E-state index >= 15 is 0 Å². The molecule has 124 valence electrons. The van der Waals surface area contributed by atoms with E-state index in [1.54, 1.807) is 19.0 Å². The molecule has 1 aromatic carbocycles. The van der Waals surface area contributed by atoms with Gasteiger partial charge in [-0.05, 0) is 36.2 Å². The summed E-state index contributed by atoms with van der Waals surface area (Å²) in [5.41, 5.74) is 3.97. The van der Waals surface area contributed by atoms with Gasteiger partial charge in [0, 0.05) is 26.8 Å². The van der Waals surface area contributed by atoms with Crippen LogP contribution in [-0.2, 0) is 4.79 Å². The zero-order chi connectivity index (χ0) is 17.3. The fourth-order valence-electron chi connectivity index (χ4n) is 2.68. The minimum absolute atomic E-state index is 0.00212. The summed E-state index contributed by atoms with van der Waals surface area (Å²) in [4.78, 5) is 16.1. The van der Waals surface area contributed by atoms with Gasteiger partial charge in [0.1, 0.15) is 0 Å². The van der Waals surface area contributed by atoms with E-state index in [9.17, 15) is 4.79 Å². The van der Waals surface area contributed by atoms with Gasteiger partial charge in [0.25, 0.3) is 5.91 Å². The van der Waals surface area contributed by atoms with E-state index in [4.69, 9.17) is 12.2 Å². The standard InChI is InChI=1S/C18H25N3OS/c1-11(2)13-7-9-14(10-8-13)16-15(17(22)20(4)5)12(3)21(6)18(23)19-16/h7-11,16H,1-6H3,(H,19,23). The minimum atomic E-state index is -0.213. The van der Waals surface area contributed by atoms with Crippen molar-refractivity contribution in [2.45, 2.75) is 32.7 Å². The molecule has 0 aromatic heterocycles. The predicted molar refractivity (Wildman–Crippen MR) is 98.2 cm³/mol. The summed E-state index contributed by atoms with van der Waals surface area (Å²) in [7, 11) is 5.43. The maximum absolute atomic E-state index is 12.7. The van der Waals surface area contributed by atoms with Crippen LogP contribution in [0.25, 0.3) is 0 Å². The topological polar surface area (TPSA) is 35.6 Å². The quantitative estimate of drug-likeness (QED) is 0.864. The lowest BCUT2D eigenvalue weighted by molar-refractivity contribution is -0.125. The molecule has 0 saturated heterocycles. The second-order valence-corrected chi connectivity index (χ2v) is 6.85. The first kappa shape index (κ1) is 17.5. The second kappa shape index (κ2) is 6.71. The number of likely N-dealkylation sites (N-methyl/N-ethyl adjacent to an activating group) is 1. The van der Waals surface area contributed by atoms with Gasteiger partial charge >= 0.3 is 0 Å². The van der Waals surface area contributed by atoms with Crippen molar-refractivity contribution in [3.8, 4) is 0 Å². The summed E-state index contributed by atoms with van der Waals surface area (Å²) in [6.07, 6.45) is 0. The molecule has 1 amide bonds. The van der Waals surface area contributed by atoms with Crippen LogP contribution >= 0.6 is 12.2 Å². The zero-order valence-electron chi connectivity index (χ0n) is 14.7. The van der Waals surface area contributed by atoms with E-state index in [0.29, 0.717) is 11.0 Å². The van der Waals surface area contributed by atoms with Gasteiger partial charge < -0.3 is 15.1 Å². The SMILES string of the molecule is CC1=C(C(=O)N(C)C)C(c2ccc(C(C)C)cc2)NC(=S)N1C. The van der Waals surface area contributed by atoms with Crippen LogP contribution in [0, 0.1) is 0 Å². The van der Waals surface area contributed by atoms with Gasteiger partial charge in [-0.15, -0.1) is 0 Å². The molecule has 1 heterocycles. The van der Waals surface area contributed by atoms with E-state index in [1.807, 2.05) is 18.9 Å². The number of thiocarbonyl (C=S) groups is 1. The molecule has 1 atom stereocenters. The summed E-state index contributed by atoms with van der Waals surface area (Å²) in [6, 6.07) is 8.19. The molecule has 5 heteroatoms. The Morgan fingerprint density at radius 2 is 1.83 bits per heavy atom. The van der Waals surface area contributed by atoms with Crippen molar-refractivity contribution in [3.63, 3.8) is 0 Å². The monoisotopic (exact) mass is 331 g/mol. The third kappa shape index (κ3) is 3.39. The molecule has 4 nitrogen and oxygen atoms in total. The molecule has 2 rings (SSSR count). The van der Waals surface area contributed by atoms with Gasteiger partial charge in [0.15, 0.2) is 5.11 Å². The van der Waals surface area contributed by atoms with Crippen molar-refractivity contribution >= 4 is 23.2 Å². The molecule has 0 radical (unpaired) electrons. The van der Waals surface area contributed by atoms with E-state index in [1.165, 1.54) is 5.56 Å². The smallest absolute Gasteiger partial charge is 0.253 e. The highest BCUT2D eigenvalue weighted by atomic mass is 32.1. The third-order valence-electron chi connectivity index (χ3n) is 4.33. The molecule has 0 spiro atoms. The maximum atomic E-state index is 12.7. The van der Waals surface area contributed by atoms with E-state index in [-0.39, 0.29) is 11.9 Å². The highest BCUT2D eigenvalue weighted by Gasteiger charge is 2.33. The number of allylic oxidation sites excluding steroid dienone is 1. The lowest BCUT2D eigenvalue weighted by Crippen LogP contribution is -2.47. The summed E-state index contributed by atoms with van der Waals surface area (Å²) < 4.78 is 0. The Balaban J connectivity index is 2.49. The van der Waals surface area contributed by atoms with Crippen LogP contribution < -0.4 is 5.32 Å². The number of rotatable bonds is 3. The number of hydrogen-bond donors (Lipinski definition) is 1. The summed E-state index contributed by atoms with van der Waals surface area (Å²) in [5, 5.41) is 3.93. The fourth-order valence-corrected chi connectivity index (χ4v) is 2.93. The Morgan fingerprint density at radius 1 is 1.26 bits per heavy atom. The number of carbonyl (C=O) groups is 1. The van der Waals surface area contributed by atoms with Crippen LogP contribution in [0.1, 0.15) is 43.9 Å². The van der Waals surface area contributed by atoms with Crippen LogP contribution in [0.2, 0.25) is 0 Å². The number of carbonyl (C=O) groups excluding carboxylic acids is 1. The molecular weight excluding hydrogens is 306 g/mol. The fraction of sp³-hybridized carbons (Fsp3) is 0.444. The molecule has 1 aromatic rings. The molecular formula is C18H25N3OS. The first-order valence-electron chi connectivity index (χ1n) is 7.80. The van der Waals surface area contributed by atoms with Crippen molar-refractivity contribution < 1.29 is 4.79 Å². The molecule has 0 fully saturated rings. The van der Waals surface area contributed by atoms with Crippen molar-refractivity contribution in [2.75, 3.05) is 21.1 Å². The molecule has 0 bridgehead atoms. The van der Waals surface area contributed by atoms with Gasteiger partial charge in [-0.3, -0.25) is 4.79 Å². The lowest BCUT2D eigenvalue weighted by atomic mass is 9.92. The van der Waals surface area contributed by atoms with Gasteiger partial charge in [0.2, 0.25) is 0 Å². The highest BCUT2D eigenvalue weighted by molar-refractivity contribution is 7.80. The van der Waals surface area contributed by atoms with Crippen LogP contribution in [-0.4, -0.2) is 42.0 Å². The van der Waals surface area contributed by atoms with Crippen molar-refractivity contribution in [3.05, 3.63) is 46.7 Å². The second-order valence-electron chi connectivity index (χ2n) is 6.46. The average molecular weight is 331 g/mol. The predicted octanol–water partition coefficient (Wildman–Crippen LogP) is 3.03. The van der Waals surface area contributed by atoms with Gasteiger partial charge in [-0.25, -0.2) is 0 Å². The summed E-state index contributed by atoms with van der Waals surface area (Å²) >= 11 is 5.41. The Kier molecular flexibility index (Phi) is 5.09. The molecule has 0 saturated carbocycles. The Morgan fingerprint density at radius 3 is 2.30 bits per heavy atom. The van der Waals surface area contributed by atoms with Crippen molar-refractivity contribution in [2.24, 2.45) is 0 Å². The number of hydrogen-bond acceptors (Lipinski definition) is 2.